The topological polar surface area (TPSA) is 42.9 Å². The molecule has 1 aromatic rings. The van der Waals surface area contributed by atoms with Crippen LogP contribution in [-0.2, 0) is 6.54 Å². The molecule has 0 unspecified atom stereocenters. The molecule has 2 heterocycles. The lowest BCUT2D eigenvalue weighted by Gasteiger charge is -2.21. The monoisotopic (exact) mass is 451 g/mol. The number of hydrogen-bond acceptors (Lipinski definition) is 4. The van der Waals surface area contributed by atoms with Crippen molar-refractivity contribution in [1.29, 1.82) is 0 Å². The van der Waals surface area contributed by atoms with Crippen LogP contribution in [-0.4, -0.2) is 68.6 Å². The lowest BCUT2D eigenvalue weighted by atomic mass is 10.4. The zero-order valence-corrected chi connectivity index (χ0v) is 17.4. The third-order valence-corrected chi connectivity index (χ3v) is 4.71. The fourth-order valence-electron chi connectivity index (χ4n) is 2.56. The number of rotatable bonds is 6. The predicted molar refractivity (Wildman–Crippen MR) is 111 cm³/mol. The molecule has 7 heteroatoms. The average molecular weight is 451 g/mol. The number of aliphatic imine (C=N–C) groups is 1. The van der Waals surface area contributed by atoms with E-state index in [1.807, 2.05) is 0 Å². The largest absolute Gasteiger partial charge is 0.357 e. The summed E-state index contributed by atoms with van der Waals surface area (Å²) >= 11 is 1.76. The maximum Gasteiger partial charge on any atom is 0.191 e. The molecular formula is C16H30IN5S. The van der Waals surface area contributed by atoms with Gasteiger partial charge in [-0.05, 0) is 44.9 Å². The fourth-order valence-corrected chi connectivity index (χ4v) is 3.19. The van der Waals surface area contributed by atoms with Gasteiger partial charge in [0.05, 0.1) is 6.54 Å². The zero-order valence-electron chi connectivity index (χ0n) is 14.3. The van der Waals surface area contributed by atoms with E-state index in [2.05, 4.69) is 56.9 Å². The third-order valence-electron chi connectivity index (χ3n) is 3.85. The molecule has 0 aliphatic carbocycles. The minimum atomic E-state index is 0. The van der Waals surface area contributed by atoms with Crippen molar-refractivity contribution in [3.8, 4) is 0 Å². The Labute approximate surface area is 161 Å². The van der Waals surface area contributed by atoms with Crippen LogP contribution in [0, 0.1) is 0 Å². The van der Waals surface area contributed by atoms with Crippen molar-refractivity contribution >= 4 is 41.3 Å². The third kappa shape index (κ3) is 8.32. The molecular weight excluding hydrogens is 421 g/mol. The Hall–Kier alpha value is -0.380. The Balaban J connectivity index is 0.00000264. The second-order valence-corrected chi connectivity index (χ2v) is 6.73. The van der Waals surface area contributed by atoms with Crippen molar-refractivity contribution in [1.82, 2.24) is 20.4 Å². The van der Waals surface area contributed by atoms with Gasteiger partial charge in [0.15, 0.2) is 5.96 Å². The molecule has 0 amide bonds. The molecule has 0 spiro atoms. The second-order valence-electron chi connectivity index (χ2n) is 5.70. The van der Waals surface area contributed by atoms with E-state index in [-0.39, 0.29) is 24.0 Å². The van der Waals surface area contributed by atoms with Crippen molar-refractivity contribution in [3.63, 3.8) is 0 Å². The first-order chi connectivity index (χ1) is 10.8. The first-order valence-electron chi connectivity index (χ1n) is 8.23. The van der Waals surface area contributed by atoms with Gasteiger partial charge in [-0.2, -0.15) is 0 Å². The molecule has 2 rings (SSSR count). The highest BCUT2D eigenvalue weighted by atomic mass is 127. The van der Waals surface area contributed by atoms with Gasteiger partial charge in [-0.1, -0.05) is 6.07 Å². The maximum atomic E-state index is 4.65. The molecule has 23 heavy (non-hydrogen) atoms. The predicted octanol–water partition coefficient (Wildman–Crippen LogP) is 2.06. The molecule has 1 fully saturated rings. The van der Waals surface area contributed by atoms with E-state index < -0.39 is 0 Å². The summed E-state index contributed by atoms with van der Waals surface area (Å²) in [5, 5.41) is 8.87. The number of guanidine groups is 1. The van der Waals surface area contributed by atoms with Crippen LogP contribution < -0.4 is 10.6 Å². The van der Waals surface area contributed by atoms with E-state index in [0.29, 0.717) is 0 Å². The lowest BCUT2D eigenvalue weighted by molar-refractivity contribution is 0.280. The molecule has 0 radical (unpaired) electrons. The maximum absolute atomic E-state index is 4.65. The standard InChI is InChI=1S/C16H29N5S.HI/c1-3-17-16(19-14-15-6-4-13-22-15)18-7-10-21-9-5-8-20(2)11-12-21;/h4,6,13H,3,5,7-12,14H2,1-2H3,(H2,17,18,19);1H. The van der Waals surface area contributed by atoms with Gasteiger partial charge in [-0.15, -0.1) is 35.3 Å². The van der Waals surface area contributed by atoms with Crippen LogP contribution in [0.3, 0.4) is 0 Å². The van der Waals surface area contributed by atoms with E-state index in [9.17, 15) is 0 Å². The van der Waals surface area contributed by atoms with E-state index in [1.165, 1.54) is 37.5 Å². The Morgan fingerprint density at radius 3 is 2.87 bits per heavy atom. The average Bonchev–Trinajstić information content (AvgIpc) is 2.95. The van der Waals surface area contributed by atoms with E-state index >= 15 is 0 Å². The second kappa shape index (κ2) is 12.0. The Morgan fingerprint density at radius 2 is 2.13 bits per heavy atom. The Bertz CT molecular complexity index is 438. The summed E-state index contributed by atoms with van der Waals surface area (Å²) in [5.41, 5.74) is 0. The van der Waals surface area contributed by atoms with Gasteiger partial charge in [0.1, 0.15) is 0 Å². The molecule has 2 N–H and O–H groups in total. The molecule has 0 saturated carbocycles. The van der Waals surface area contributed by atoms with Crippen LogP contribution in [0.25, 0.3) is 0 Å². The molecule has 0 aromatic carbocycles. The first-order valence-corrected chi connectivity index (χ1v) is 9.11. The summed E-state index contributed by atoms with van der Waals surface area (Å²) in [4.78, 5) is 10.9. The molecule has 1 aromatic heterocycles. The molecule has 1 aliphatic rings. The summed E-state index contributed by atoms with van der Waals surface area (Å²) in [6.07, 6.45) is 1.27. The molecule has 132 valence electrons. The highest BCUT2D eigenvalue weighted by molar-refractivity contribution is 14.0. The van der Waals surface area contributed by atoms with Crippen LogP contribution >= 0.6 is 35.3 Å². The van der Waals surface area contributed by atoms with Gasteiger partial charge < -0.3 is 20.4 Å². The molecule has 1 saturated heterocycles. The smallest absolute Gasteiger partial charge is 0.191 e. The number of nitrogens with zero attached hydrogens (tertiary/aromatic N) is 3. The Morgan fingerprint density at radius 1 is 1.26 bits per heavy atom. The highest BCUT2D eigenvalue weighted by Gasteiger charge is 2.11. The van der Waals surface area contributed by atoms with Crippen molar-refractivity contribution in [3.05, 3.63) is 22.4 Å². The number of hydrogen-bond donors (Lipinski definition) is 2. The SMILES string of the molecule is CCNC(=NCc1cccs1)NCCN1CCCN(C)CC1.I. The van der Waals surface area contributed by atoms with Crippen LogP contribution in [0.5, 0.6) is 0 Å². The van der Waals surface area contributed by atoms with Gasteiger partial charge in [-0.25, -0.2) is 4.99 Å². The molecule has 0 bridgehead atoms. The van der Waals surface area contributed by atoms with E-state index in [4.69, 9.17) is 0 Å². The number of nitrogens with one attached hydrogen (secondary N) is 2. The van der Waals surface area contributed by atoms with Gasteiger partial charge in [0.25, 0.3) is 0 Å². The minimum Gasteiger partial charge on any atom is -0.357 e. The van der Waals surface area contributed by atoms with E-state index in [0.717, 1.165) is 32.1 Å². The summed E-state index contributed by atoms with van der Waals surface area (Å²) < 4.78 is 0. The fraction of sp³-hybridized carbons (Fsp3) is 0.688. The van der Waals surface area contributed by atoms with Gasteiger partial charge in [-0.3, -0.25) is 0 Å². The minimum absolute atomic E-state index is 0. The number of thiophene rings is 1. The van der Waals surface area contributed by atoms with Crippen molar-refractivity contribution < 1.29 is 0 Å². The van der Waals surface area contributed by atoms with Crippen LogP contribution in [0.2, 0.25) is 0 Å². The van der Waals surface area contributed by atoms with Gasteiger partial charge in [0.2, 0.25) is 0 Å². The lowest BCUT2D eigenvalue weighted by Crippen LogP contribution is -2.42. The normalized spacial score (nSPS) is 17.4. The highest BCUT2D eigenvalue weighted by Crippen LogP contribution is 2.09. The summed E-state index contributed by atoms with van der Waals surface area (Å²) in [6.45, 7) is 10.5. The number of halogens is 1. The summed E-state index contributed by atoms with van der Waals surface area (Å²) in [7, 11) is 2.21. The Kier molecular flexibility index (Phi) is 10.8. The van der Waals surface area contributed by atoms with Crippen LogP contribution in [0.4, 0.5) is 0 Å². The van der Waals surface area contributed by atoms with Crippen LogP contribution in [0.15, 0.2) is 22.5 Å². The first kappa shape index (κ1) is 20.7. The van der Waals surface area contributed by atoms with Crippen molar-refractivity contribution in [2.45, 2.75) is 19.9 Å². The van der Waals surface area contributed by atoms with E-state index in [1.54, 1.807) is 11.3 Å². The molecule has 5 nitrogen and oxygen atoms in total. The number of likely N-dealkylation sites (N-methyl/N-ethyl adjacent to an activating group) is 1. The van der Waals surface area contributed by atoms with Gasteiger partial charge >= 0.3 is 0 Å². The quantitative estimate of drug-likeness (QED) is 0.395. The summed E-state index contributed by atoms with van der Waals surface area (Å²) in [5.74, 6) is 0.919. The van der Waals surface area contributed by atoms with Gasteiger partial charge in [0, 0.05) is 37.6 Å². The van der Waals surface area contributed by atoms with Crippen molar-refractivity contribution in [2.75, 3.05) is 52.9 Å². The molecule has 0 atom stereocenters. The van der Waals surface area contributed by atoms with Crippen molar-refractivity contribution in [2.24, 2.45) is 4.99 Å². The summed E-state index contributed by atoms with van der Waals surface area (Å²) in [6, 6.07) is 4.21. The van der Waals surface area contributed by atoms with Crippen LogP contribution in [0.1, 0.15) is 18.2 Å². The molecule has 1 aliphatic heterocycles. The zero-order chi connectivity index (χ0) is 15.6.